The molecule has 27 heavy (non-hydrogen) atoms. The summed E-state index contributed by atoms with van der Waals surface area (Å²) in [5.74, 6) is 0.960. The minimum absolute atomic E-state index is 0.205. The second-order valence-corrected chi connectivity index (χ2v) is 8.18. The summed E-state index contributed by atoms with van der Waals surface area (Å²) in [6.07, 6.45) is 6.01. The summed E-state index contributed by atoms with van der Waals surface area (Å²) in [6.45, 7) is 4.98. The second-order valence-electron chi connectivity index (χ2n) is 8.18. The molecule has 8 heteroatoms. The average Bonchev–Trinajstić information content (AvgIpc) is 3.03. The third kappa shape index (κ3) is 2.91. The van der Waals surface area contributed by atoms with Crippen LogP contribution in [0.3, 0.4) is 0 Å². The Morgan fingerprint density at radius 1 is 1.15 bits per heavy atom. The molecule has 1 fully saturated rings. The maximum atomic E-state index is 13.1. The molecule has 0 bridgehead atoms. The van der Waals surface area contributed by atoms with Crippen molar-refractivity contribution < 1.29 is 4.79 Å². The van der Waals surface area contributed by atoms with Crippen LogP contribution in [0.5, 0.6) is 0 Å². The average molecular weight is 373 g/mol. The molecule has 2 aromatic heterocycles. The molecule has 8 nitrogen and oxygen atoms in total. The van der Waals surface area contributed by atoms with Gasteiger partial charge in [-0.1, -0.05) is 26.2 Å². The van der Waals surface area contributed by atoms with E-state index in [0.29, 0.717) is 29.7 Å². The molecule has 0 radical (unpaired) electrons. The van der Waals surface area contributed by atoms with E-state index < -0.39 is 11.2 Å². The van der Waals surface area contributed by atoms with E-state index in [1.165, 1.54) is 30.8 Å². The fourth-order valence-electron chi connectivity index (χ4n) is 4.61. The van der Waals surface area contributed by atoms with Crippen LogP contribution in [0.1, 0.15) is 46.0 Å². The van der Waals surface area contributed by atoms with Gasteiger partial charge in [-0.3, -0.25) is 18.7 Å². The molecule has 1 aliphatic carbocycles. The van der Waals surface area contributed by atoms with Gasteiger partial charge in [-0.15, -0.1) is 0 Å². The first kappa shape index (κ1) is 18.0. The molecule has 0 aromatic carbocycles. The summed E-state index contributed by atoms with van der Waals surface area (Å²) in [4.78, 5) is 44.3. The van der Waals surface area contributed by atoms with Crippen molar-refractivity contribution in [1.82, 2.24) is 18.7 Å². The number of anilines is 1. The Bertz CT molecular complexity index is 1010. The number of hydrogen-bond acceptors (Lipinski definition) is 5. The highest BCUT2D eigenvalue weighted by Crippen LogP contribution is 2.32. The number of ketones is 1. The Hall–Kier alpha value is -2.38. The Morgan fingerprint density at radius 3 is 2.52 bits per heavy atom. The molecule has 4 rings (SSSR count). The van der Waals surface area contributed by atoms with Gasteiger partial charge in [-0.2, -0.15) is 4.98 Å². The standard InChI is InChI=1S/C19H27N5O3/c1-12-9-22(14-7-5-4-6-8-14)18-20-16-15(23(18)10-12)17(26)24(11-13(2)25)19(27)21(16)3/h12,14H,4-11H2,1-3H3/t12-/m1/s1. The summed E-state index contributed by atoms with van der Waals surface area (Å²) in [5, 5.41) is 0. The van der Waals surface area contributed by atoms with Gasteiger partial charge in [0.25, 0.3) is 5.56 Å². The van der Waals surface area contributed by atoms with Crippen molar-refractivity contribution in [2.75, 3.05) is 11.4 Å². The topological polar surface area (TPSA) is 82.1 Å². The summed E-state index contributed by atoms with van der Waals surface area (Å²) in [6, 6.07) is 0.438. The molecule has 1 aliphatic heterocycles. The summed E-state index contributed by atoms with van der Waals surface area (Å²) >= 11 is 0. The molecule has 3 heterocycles. The highest BCUT2D eigenvalue weighted by Gasteiger charge is 2.33. The molecule has 1 saturated carbocycles. The Labute approximate surface area is 157 Å². The second kappa shape index (κ2) is 6.65. The van der Waals surface area contributed by atoms with Gasteiger partial charge >= 0.3 is 5.69 Å². The lowest BCUT2D eigenvalue weighted by Gasteiger charge is -2.40. The van der Waals surface area contributed by atoms with Gasteiger partial charge in [0.1, 0.15) is 5.78 Å². The molecule has 0 spiro atoms. The zero-order valence-electron chi connectivity index (χ0n) is 16.3. The van der Waals surface area contributed by atoms with Crippen molar-refractivity contribution >= 4 is 22.9 Å². The van der Waals surface area contributed by atoms with Crippen LogP contribution in [-0.4, -0.2) is 37.1 Å². The van der Waals surface area contributed by atoms with Crippen molar-refractivity contribution in [3.8, 4) is 0 Å². The third-order valence-corrected chi connectivity index (χ3v) is 5.87. The van der Waals surface area contributed by atoms with Gasteiger partial charge in [0.15, 0.2) is 11.2 Å². The number of carbonyl (C=O) groups excluding carboxylic acids is 1. The highest BCUT2D eigenvalue weighted by molar-refractivity contribution is 5.77. The van der Waals surface area contributed by atoms with Crippen molar-refractivity contribution in [2.45, 2.75) is 65.1 Å². The van der Waals surface area contributed by atoms with Crippen molar-refractivity contribution in [2.24, 2.45) is 13.0 Å². The van der Waals surface area contributed by atoms with Gasteiger partial charge in [-0.05, 0) is 25.7 Å². The van der Waals surface area contributed by atoms with Crippen LogP contribution >= 0.6 is 0 Å². The SMILES string of the molecule is CC(=O)Cn1c(=O)c2c(nc3n2C[C@H](C)CN3C2CCCCC2)n(C)c1=O. The van der Waals surface area contributed by atoms with Crippen molar-refractivity contribution in [1.29, 1.82) is 0 Å². The van der Waals surface area contributed by atoms with Crippen LogP contribution in [0.4, 0.5) is 5.95 Å². The fourth-order valence-corrected chi connectivity index (χ4v) is 4.61. The van der Waals surface area contributed by atoms with Crippen molar-refractivity contribution in [3.63, 3.8) is 0 Å². The van der Waals surface area contributed by atoms with E-state index in [0.717, 1.165) is 29.9 Å². The van der Waals surface area contributed by atoms with Crippen LogP contribution in [0.15, 0.2) is 9.59 Å². The molecule has 0 amide bonds. The quantitative estimate of drug-likeness (QED) is 0.809. The molecule has 0 unspecified atom stereocenters. The van der Waals surface area contributed by atoms with E-state index in [4.69, 9.17) is 4.98 Å². The van der Waals surface area contributed by atoms with Crippen LogP contribution in [0.25, 0.3) is 11.2 Å². The first-order valence-corrected chi connectivity index (χ1v) is 9.84. The minimum Gasteiger partial charge on any atom is -0.339 e. The number of aromatic nitrogens is 4. The summed E-state index contributed by atoms with van der Waals surface area (Å²) in [7, 11) is 1.62. The third-order valence-electron chi connectivity index (χ3n) is 5.87. The predicted molar refractivity (Wildman–Crippen MR) is 103 cm³/mol. The van der Waals surface area contributed by atoms with Crippen LogP contribution < -0.4 is 16.1 Å². The molecule has 146 valence electrons. The lowest BCUT2D eigenvalue weighted by molar-refractivity contribution is -0.117. The zero-order chi connectivity index (χ0) is 19.3. The van der Waals surface area contributed by atoms with E-state index in [1.807, 2.05) is 4.57 Å². The summed E-state index contributed by atoms with van der Waals surface area (Å²) in [5.41, 5.74) is -0.0643. The Balaban J connectivity index is 1.94. The van der Waals surface area contributed by atoms with E-state index in [1.54, 1.807) is 7.05 Å². The number of imidazole rings is 1. The smallest absolute Gasteiger partial charge is 0.332 e. The molecule has 0 saturated heterocycles. The zero-order valence-corrected chi connectivity index (χ0v) is 16.3. The van der Waals surface area contributed by atoms with E-state index >= 15 is 0 Å². The van der Waals surface area contributed by atoms with E-state index in [2.05, 4.69) is 11.8 Å². The highest BCUT2D eigenvalue weighted by atomic mass is 16.2. The lowest BCUT2D eigenvalue weighted by atomic mass is 9.93. The number of rotatable bonds is 3. The molecule has 1 atom stereocenters. The minimum atomic E-state index is -0.490. The molecule has 2 aromatic rings. The van der Waals surface area contributed by atoms with Crippen LogP contribution in [0, 0.1) is 5.92 Å². The lowest BCUT2D eigenvalue weighted by Crippen LogP contribution is -2.45. The van der Waals surface area contributed by atoms with Crippen molar-refractivity contribution in [3.05, 3.63) is 20.8 Å². The molecular weight excluding hydrogens is 346 g/mol. The monoisotopic (exact) mass is 373 g/mol. The van der Waals surface area contributed by atoms with Gasteiger partial charge in [0.05, 0.1) is 6.54 Å². The fraction of sp³-hybridized carbons (Fsp3) is 0.684. The number of Topliss-reactive ketones (excluding diaryl/α,β-unsaturated/α-hetero) is 1. The number of fused-ring (bicyclic) bond motifs is 3. The first-order valence-electron chi connectivity index (χ1n) is 9.84. The van der Waals surface area contributed by atoms with Gasteiger partial charge in [-0.25, -0.2) is 4.79 Å². The number of carbonyl (C=O) groups is 1. The molecule has 2 aliphatic rings. The van der Waals surface area contributed by atoms with Gasteiger partial charge < -0.3 is 9.47 Å². The maximum absolute atomic E-state index is 13.1. The maximum Gasteiger partial charge on any atom is 0.332 e. The number of nitrogens with zero attached hydrogens (tertiary/aromatic N) is 5. The molecule has 0 N–H and O–H groups in total. The van der Waals surface area contributed by atoms with E-state index in [-0.39, 0.29) is 12.3 Å². The first-order chi connectivity index (χ1) is 12.9. The molecular formula is C19H27N5O3. The largest absolute Gasteiger partial charge is 0.339 e. The number of hydrogen-bond donors (Lipinski definition) is 0. The van der Waals surface area contributed by atoms with E-state index in [9.17, 15) is 14.4 Å². The number of aryl methyl sites for hydroxylation is 1. The van der Waals surface area contributed by atoms with Gasteiger partial charge in [0, 0.05) is 26.2 Å². The predicted octanol–water partition coefficient (Wildman–Crippen LogP) is 1.27. The van der Waals surface area contributed by atoms with Gasteiger partial charge in [0.2, 0.25) is 5.95 Å². The van der Waals surface area contributed by atoms with Crippen LogP contribution in [-0.2, 0) is 24.9 Å². The summed E-state index contributed by atoms with van der Waals surface area (Å²) < 4.78 is 4.40. The Morgan fingerprint density at radius 2 is 1.85 bits per heavy atom. The van der Waals surface area contributed by atoms with Crippen LogP contribution in [0.2, 0.25) is 0 Å². The Kier molecular flexibility index (Phi) is 4.44. The normalized spacial score (nSPS) is 20.9.